The van der Waals surface area contributed by atoms with E-state index in [4.69, 9.17) is 0 Å². The Hall–Kier alpha value is -1.96. The van der Waals surface area contributed by atoms with Crippen molar-refractivity contribution in [2.45, 2.75) is 9.92 Å². The lowest BCUT2D eigenvalue weighted by atomic mass is 10.1. The number of carbonyl (C=O) groups excluding carboxylic acids is 2. The molecular formula is C20H17BrN2O2S2. The Morgan fingerprint density at radius 2 is 1.85 bits per heavy atom. The van der Waals surface area contributed by atoms with Gasteiger partial charge in [0.2, 0.25) is 0 Å². The van der Waals surface area contributed by atoms with Gasteiger partial charge in [-0.05, 0) is 48.2 Å². The average Bonchev–Trinajstić information content (AvgIpc) is 2.95. The minimum Gasteiger partial charge on any atom is -0.350 e. The summed E-state index contributed by atoms with van der Waals surface area (Å²) in [6.45, 7) is 0. The molecule has 2 aromatic carbocycles. The van der Waals surface area contributed by atoms with Gasteiger partial charge in [-0.25, -0.2) is 0 Å². The number of amides is 1. The number of halogens is 1. The van der Waals surface area contributed by atoms with Crippen molar-refractivity contribution in [3.8, 4) is 0 Å². The van der Waals surface area contributed by atoms with Crippen LogP contribution in [0.5, 0.6) is 0 Å². The highest BCUT2D eigenvalue weighted by Crippen LogP contribution is 2.38. The number of nitrogens with one attached hydrogen (secondary N) is 1. The van der Waals surface area contributed by atoms with E-state index in [9.17, 15) is 9.59 Å². The number of para-hydroxylation sites is 1. The average molecular weight is 461 g/mol. The molecule has 0 radical (unpaired) electrons. The molecule has 7 heteroatoms. The van der Waals surface area contributed by atoms with Crippen LogP contribution in [0, 0.1) is 0 Å². The van der Waals surface area contributed by atoms with Crippen molar-refractivity contribution >= 4 is 68.0 Å². The summed E-state index contributed by atoms with van der Waals surface area (Å²) >= 11 is 5.97. The van der Waals surface area contributed by atoms with E-state index in [2.05, 4.69) is 25.8 Å². The van der Waals surface area contributed by atoms with Crippen LogP contribution in [-0.2, 0) is 11.8 Å². The first-order valence-electron chi connectivity index (χ1n) is 8.10. The van der Waals surface area contributed by atoms with E-state index in [0.717, 1.165) is 48.9 Å². The minimum absolute atomic E-state index is 0.268. The van der Waals surface area contributed by atoms with E-state index in [1.807, 2.05) is 55.6 Å². The zero-order valence-electron chi connectivity index (χ0n) is 14.7. The Labute approximate surface area is 174 Å². The maximum absolute atomic E-state index is 11.7. The van der Waals surface area contributed by atoms with Crippen LogP contribution in [0.4, 0.5) is 4.79 Å². The number of aryl methyl sites for hydroxylation is 1. The molecule has 0 bridgehead atoms. The minimum atomic E-state index is -0.268. The number of allylic oxidation sites excluding steroid dienone is 1. The highest BCUT2D eigenvalue weighted by molar-refractivity contribution is 9.10. The molecule has 0 saturated heterocycles. The van der Waals surface area contributed by atoms with Crippen molar-refractivity contribution in [1.29, 1.82) is 0 Å². The monoisotopic (exact) mass is 460 g/mol. The van der Waals surface area contributed by atoms with Gasteiger partial charge in [-0.1, -0.05) is 45.9 Å². The number of rotatable bonds is 5. The summed E-state index contributed by atoms with van der Waals surface area (Å²) in [7, 11) is 3.55. The number of hydrogen-bond acceptors (Lipinski definition) is 4. The van der Waals surface area contributed by atoms with Gasteiger partial charge in [0.25, 0.3) is 5.24 Å². The molecule has 138 valence electrons. The first kappa shape index (κ1) is 19.8. The molecule has 0 fully saturated rings. The van der Waals surface area contributed by atoms with Crippen molar-refractivity contribution < 1.29 is 9.59 Å². The number of nitrogens with zero attached hydrogens (tertiary/aromatic N) is 1. The fraction of sp³-hybridized carbons (Fsp3) is 0.100. The second-order valence-corrected chi connectivity index (χ2v) is 8.68. The first-order valence-corrected chi connectivity index (χ1v) is 10.5. The molecule has 0 spiro atoms. The molecule has 1 amide bonds. The zero-order valence-corrected chi connectivity index (χ0v) is 18.0. The number of benzene rings is 2. The van der Waals surface area contributed by atoms with Gasteiger partial charge >= 0.3 is 0 Å². The van der Waals surface area contributed by atoms with Crippen LogP contribution >= 0.6 is 39.5 Å². The van der Waals surface area contributed by atoms with Gasteiger partial charge in [-0.3, -0.25) is 9.59 Å². The van der Waals surface area contributed by atoms with E-state index < -0.39 is 0 Å². The molecule has 1 heterocycles. The summed E-state index contributed by atoms with van der Waals surface area (Å²) in [6.07, 6.45) is 2.51. The summed E-state index contributed by atoms with van der Waals surface area (Å²) in [6, 6.07) is 16.1. The summed E-state index contributed by atoms with van der Waals surface area (Å²) in [5.74, 6) is 0. The first-order chi connectivity index (χ1) is 13.0. The number of thioether (sulfide) groups is 1. The van der Waals surface area contributed by atoms with Crippen molar-refractivity contribution in [2.24, 2.45) is 7.05 Å². The maximum Gasteiger partial charge on any atom is 0.283 e. The normalized spacial score (nSPS) is 11.6. The van der Waals surface area contributed by atoms with E-state index in [1.165, 1.54) is 0 Å². The van der Waals surface area contributed by atoms with Gasteiger partial charge in [0.1, 0.15) is 0 Å². The topological polar surface area (TPSA) is 51.1 Å². The highest BCUT2D eigenvalue weighted by atomic mass is 79.9. The quantitative estimate of drug-likeness (QED) is 0.391. The standard InChI is InChI=1S/C20H17BrN2O2S2/c1-22-20(25)27-15(12-24)11-17-16-5-3-4-6-18(16)23(2)19(17)26-14-9-7-13(21)8-10-14/h3-12H,1-2H3,(H,22,25)/b15-11-. The van der Waals surface area contributed by atoms with Crippen LogP contribution in [0.15, 0.2) is 67.8 Å². The molecule has 3 rings (SSSR count). The molecule has 1 aromatic heterocycles. The largest absolute Gasteiger partial charge is 0.350 e. The fourth-order valence-electron chi connectivity index (χ4n) is 2.66. The third-order valence-electron chi connectivity index (χ3n) is 3.94. The highest BCUT2D eigenvalue weighted by Gasteiger charge is 2.16. The summed E-state index contributed by atoms with van der Waals surface area (Å²) in [5, 5.41) is 4.31. The molecular weight excluding hydrogens is 444 g/mol. The lowest BCUT2D eigenvalue weighted by molar-refractivity contribution is -0.104. The van der Waals surface area contributed by atoms with Crippen molar-refractivity contribution in [3.63, 3.8) is 0 Å². The predicted octanol–water partition coefficient (Wildman–Crippen LogP) is 5.70. The molecule has 3 aromatic rings. The third kappa shape index (κ3) is 4.48. The predicted molar refractivity (Wildman–Crippen MR) is 117 cm³/mol. The molecule has 0 aliphatic carbocycles. The number of aldehydes is 1. The lowest BCUT2D eigenvalue weighted by Gasteiger charge is -2.07. The Morgan fingerprint density at radius 1 is 1.15 bits per heavy atom. The van der Waals surface area contributed by atoms with Crippen molar-refractivity contribution in [1.82, 2.24) is 9.88 Å². The Balaban J connectivity index is 2.13. The molecule has 4 nitrogen and oxygen atoms in total. The summed E-state index contributed by atoms with van der Waals surface area (Å²) in [5.41, 5.74) is 2.00. The van der Waals surface area contributed by atoms with Crippen LogP contribution in [0.1, 0.15) is 5.56 Å². The van der Waals surface area contributed by atoms with E-state index >= 15 is 0 Å². The summed E-state index contributed by atoms with van der Waals surface area (Å²) < 4.78 is 3.13. The SMILES string of the molecule is CNC(=O)S/C(C=O)=C\c1c(Sc2ccc(Br)cc2)n(C)c2ccccc12. The number of fused-ring (bicyclic) bond motifs is 1. The van der Waals surface area contributed by atoms with Gasteiger partial charge in [0, 0.05) is 39.9 Å². The van der Waals surface area contributed by atoms with E-state index in [0.29, 0.717) is 4.91 Å². The molecule has 1 N–H and O–H groups in total. The third-order valence-corrected chi connectivity index (χ3v) is 6.50. The number of carbonyl (C=O) groups is 2. The molecule has 0 aliphatic heterocycles. The van der Waals surface area contributed by atoms with Gasteiger partial charge < -0.3 is 9.88 Å². The van der Waals surface area contributed by atoms with Gasteiger partial charge in [0.15, 0.2) is 6.29 Å². The van der Waals surface area contributed by atoms with E-state index in [-0.39, 0.29) is 5.24 Å². The Morgan fingerprint density at radius 3 is 2.52 bits per heavy atom. The molecule has 0 unspecified atom stereocenters. The number of aromatic nitrogens is 1. The van der Waals surface area contributed by atoms with E-state index in [1.54, 1.807) is 24.9 Å². The Kier molecular flexibility index (Phi) is 6.46. The molecule has 27 heavy (non-hydrogen) atoms. The zero-order chi connectivity index (χ0) is 19.4. The molecule has 0 saturated carbocycles. The van der Waals surface area contributed by atoms with Crippen LogP contribution < -0.4 is 5.32 Å². The lowest BCUT2D eigenvalue weighted by Crippen LogP contribution is -2.11. The van der Waals surface area contributed by atoms with Crippen LogP contribution in [0.25, 0.3) is 17.0 Å². The van der Waals surface area contributed by atoms with Crippen molar-refractivity contribution in [2.75, 3.05) is 7.05 Å². The molecule has 0 atom stereocenters. The Bertz CT molecular complexity index is 1030. The van der Waals surface area contributed by atoms with Crippen molar-refractivity contribution in [3.05, 3.63) is 63.5 Å². The number of hydrogen-bond donors (Lipinski definition) is 1. The summed E-state index contributed by atoms with van der Waals surface area (Å²) in [4.78, 5) is 24.7. The van der Waals surface area contributed by atoms with Crippen LogP contribution in [0.3, 0.4) is 0 Å². The van der Waals surface area contributed by atoms with Crippen LogP contribution in [-0.4, -0.2) is 23.1 Å². The second kappa shape index (κ2) is 8.82. The fourth-order valence-corrected chi connectivity index (χ4v) is 4.48. The van der Waals surface area contributed by atoms with Gasteiger partial charge in [0.05, 0.1) is 9.93 Å². The van der Waals surface area contributed by atoms with Gasteiger partial charge in [-0.2, -0.15) is 0 Å². The molecule has 0 aliphatic rings. The van der Waals surface area contributed by atoms with Crippen LogP contribution in [0.2, 0.25) is 0 Å². The maximum atomic E-state index is 11.7. The van der Waals surface area contributed by atoms with Gasteiger partial charge in [-0.15, -0.1) is 0 Å². The second-order valence-electron chi connectivity index (χ2n) is 5.66. The smallest absolute Gasteiger partial charge is 0.283 e.